The summed E-state index contributed by atoms with van der Waals surface area (Å²) in [5.41, 5.74) is 1.31. The number of nitrogens with one attached hydrogen (secondary N) is 2. The van der Waals surface area contributed by atoms with Crippen molar-refractivity contribution in [2.75, 3.05) is 39.1 Å². The summed E-state index contributed by atoms with van der Waals surface area (Å²) in [7, 11) is 6.00. The van der Waals surface area contributed by atoms with Gasteiger partial charge in [-0.3, -0.25) is 9.59 Å². The van der Waals surface area contributed by atoms with Crippen LogP contribution in [0.15, 0.2) is 59.5 Å². The SMILES string of the molecule is CCC(Sc1cccc(NC(=O)c2c(OC)cccc2OC)c1)C(=O)Nc1cc(Cl)c(OC)cc1OC. The highest BCUT2D eigenvalue weighted by molar-refractivity contribution is 8.00. The molecule has 0 aromatic heterocycles. The van der Waals surface area contributed by atoms with E-state index in [4.69, 9.17) is 30.5 Å². The Hall–Kier alpha value is -3.56. The number of carbonyl (C=O) groups excluding carboxylic acids is 2. The first-order valence-corrected chi connectivity index (χ1v) is 12.6. The molecule has 37 heavy (non-hydrogen) atoms. The molecule has 196 valence electrons. The normalized spacial score (nSPS) is 11.3. The van der Waals surface area contributed by atoms with Gasteiger partial charge >= 0.3 is 0 Å². The molecule has 0 aliphatic carbocycles. The maximum atomic E-state index is 13.1. The molecule has 0 aliphatic rings. The number of rotatable bonds is 11. The van der Waals surface area contributed by atoms with Gasteiger partial charge in [0.1, 0.15) is 28.6 Å². The summed E-state index contributed by atoms with van der Waals surface area (Å²) in [6, 6.07) is 15.6. The quantitative estimate of drug-likeness (QED) is 0.280. The molecule has 3 aromatic rings. The summed E-state index contributed by atoms with van der Waals surface area (Å²) in [6.45, 7) is 1.93. The first-order chi connectivity index (χ1) is 17.8. The second-order valence-electron chi connectivity index (χ2n) is 7.71. The molecule has 10 heteroatoms. The van der Waals surface area contributed by atoms with Gasteiger partial charge in [-0.05, 0) is 42.8 Å². The fraction of sp³-hybridized carbons (Fsp3) is 0.259. The Morgan fingerprint density at radius 2 is 1.46 bits per heavy atom. The maximum Gasteiger partial charge on any atom is 0.263 e. The molecule has 3 rings (SSSR count). The van der Waals surface area contributed by atoms with Gasteiger partial charge in [-0.1, -0.05) is 30.7 Å². The lowest BCUT2D eigenvalue weighted by molar-refractivity contribution is -0.115. The molecule has 0 spiro atoms. The number of amides is 2. The second-order valence-corrected chi connectivity index (χ2v) is 9.39. The van der Waals surface area contributed by atoms with E-state index in [1.165, 1.54) is 40.2 Å². The molecule has 0 fully saturated rings. The molecular weight excluding hydrogens is 516 g/mol. The van der Waals surface area contributed by atoms with E-state index in [9.17, 15) is 9.59 Å². The minimum Gasteiger partial charge on any atom is -0.496 e. The molecule has 1 unspecified atom stereocenters. The van der Waals surface area contributed by atoms with Gasteiger partial charge in [0.15, 0.2) is 0 Å². The number of benzene rings is 3. The summed E-state index contributed by atoms with van der Waals surface area (Å²) >= 11 is 7.62. The largest absolute Gasteiger partial charge is 0.496 e. The van der Waals surface area contributed by atoms with Crippen molar-refractivity contribution in [3.8, 4) is 23.0 Å². The van der Waals surface area contributed by atoms with Gasteiger partial charge in [-0.15, -0.1) is 11.8 Å². The molecule has 0 saturated carbocycles. The van der Waals surface area contributed by atoms with Crippen molar-refractivity contribution in [2.24, 2.45) is 0 Å². The molecule has 3 aromatic carbocycles. The Labute approximate surface area is 225 Å². The number of hydrogen-bond acceptors (Lipinski definition) is 7. The van der Waals surface area contributed by atoms with E-state index < -0.39 is 5.25 Å². The zero-order valence-electron chi connectivity index (χ0n) is 21.2. The van der Waals surface area contributed by atoms with Crippen LogP contribution in [0.25, 0.3) is 0 Å². The Bertz CT molecular complexity index is 1250. The van der Waals surface area contributed by atoms with Crippen molar-refractivity contribution in [1.29, 1.82) is 0 Å². The van der Waals surface area contributed by atoms with Gasteiger partial charge in [0, 0.05) is 16.6 Å². The van der Waals surface area contributed by atoms with E-state index >= 15 is 0 Å². The van der Waals surface area contributed by atoms with Crippen LogP contribution >= 0.6 is 23.4 Å². The third-order valence-electron chi connectivity index (χ3n) is 5.42. The molecule has 8 nitrogen and oxygen atoms in total. The highest BCUT2D eigenvalue weighted by atomic mass is 35.5. The highest BCUT2D eigenvalue weighted by Crippen LogP contribution is 2.37. The van der Waals surface area contributed by atoms with E-state index in [0.29, 0.717) is 51.4 Å². The monoisotopic (exact) mass is 544 g/mol. The van der Waals surface area contributed by atoms with Crippen molar-refractivity contribution < 1.29 is 28.5 Å². The standard InChI is InChI=1S/C27H29ClN2O6S/c1-6-24(26(31)30-19-14-18(28)22(35-4)15-23(19)36-5)37-17-10-7-9-16(13-17)29-27(32)25-20(33-2)11-8-12-21(25)34-3/h7-15,24H,6H2,1-5H3,(H,29,32)(H,30,31). The molecule has 0 saturated heterocycles. The van der Waals surface area contributed by atoms with E-state index in [1.54, 1.807) is 36.4 Å². The predicted molar refractivity (Wildman–Crippen MR) is 147 cm³/mol. The van der Waals surface area contributed by atoms with Crippen molar-refractivity contribution in [1.82, 2.24) is 0 Å². The van der Waals surface area contributed by atoms with E-state index in [0.717, 1.165) is 4.90 Å². The van der Waals surface area contributed by atoms with Crippen LogP contribution in [0.1, 0.15) is 23.7 Å². The molecule has 0 bridgehead atoms. The minimum atomic E-state index is -0.411. The lowest BCUT2D eigenvalue weighted by Crippen LogP contribution is -2.24. The van der Waals surface area contributed by atoms with Crippen molar-refractivity contribution in [2.45, 2.75) is 23.5 Å². The molecule has 0 radical (unpaired) electrons. The third-order valence-corrected chi connectivity index (χ3v) is 7.07. The van der Waals surface area contributed by atoms with Crippen molar-refractivity contribution >= 4 is 46.6 Å². The van der Waals surface area contributed by atoms with E-state index in [1.807, 2.05) is 25.1 Å². The zero-order valence-corrected chi connectivity index (χ0v) is 22.8. The Morgan fingerprint density at radius 1 is 0.838 bits per heavy atom. The maximum absolute atomic E-state index is 13.1. The summed E-state index contributed by atoms with van der Waals surface area (Å²) in [5.74, 6) is 1.11. The first-order valence-electron chi connectivity index (χ1n) is 11.4. The highest BCUT2D eigenvalue weighted by Gasteiger charge is 2.22. The fourth-order valence-electron chi connectivity index (χ4n) is 3.57. The predicted octanol–water partition coefficient (Wildman–Crippen LogP) is 6.14. The molecule has 2 amide bonds. The Balaban J connectivity index is 1.76. The third kappa shape index (κ3) is 6.81. The smallest absolute Gasteiger partial charge is 0.263 e. The summed E-state index contributed by atoms with van der Waals surface area (Å²) in [6.07, 6.45) is 0.567. The summed E-state index contributed by atoms with van der Waals surface area (Å²) in [5, 5.41) is 5.73. The molecule has 0 heterocycles. The van der Waals surface area contributed by atoms with Gasteiger partial charge < -0.3 is 29.6 Å². The van der Waals surface area contributed by atoms with Gasteiger partial charge in [-0.25, -0.2) is 0 Å². The lowest BCUT2D eigenvalue weighted by atomic mass is 10.1. The molecule has 0 aliphatic heterocycles. The van der Waals surface area contributed by atoms with E-state index in [-0.39, 0.29) is 11.8 Å². The van der Waals surface area contributed by atoms with Crippen molar-refractivity contribution in [3.63, 3.8) is 0 Å². The first kappa shape index (κ1) is 28.0. The summed E-state index contributed by atoms with van der Waals surface area (Å²) in [4.78, 5) is 27.0. The van der Waals surface area contributed by atoms with Gasteiger partial charge in [0.2, 0.25) is 5.91 Å². The van der Waals surface area contributed by atoms with E-state index in [2.05, 4.69) is 10.6 Å². The van der Waals surface area contributed by atoms with Gasteiger partial charge in [0.05, 0.1) is 44.4 Å². The van der Waals surface area contributed by atoms with Crippen LogP contribution in [0.5, 0.6) is 23.0 Å². The second kappa shape index (κ2) is 13.1. The number of ether oxygens (including phenoxy) is 4. The Morgan fingerprint density at radius 3 is 2.05 bits per heavy atom. The van der Waals surface area contributed by atoms with Gasteiger partial charge in [0.25, 0.3) is 5.91 Å². The number of anilines is 2. The van der Waals surface area contributed by atoms with Crippen LogP contribution in [0.3, 0.4) is 0 Å². The zero-order chi connectivity index (χ0) is 26.9. The number of thioether (sulfide) groups is 1. The molecule has 2 N–H and O–H groups in total. The lowest BCUT2D eigenvalue weighted by Gasteiger charge is -2.18. The summed E-state index contributed by atoms with van der Waals surface area (Å²) < 4.78 is 21.3. The van der Waals surface area contributed by atoms with Crippen LogP contribution in [-0.4, -0.2) is 45.5 Å². The minimum absolute atomic E-state index is 0.208. The van der Waals surface area contributed by atoms with Crippen LogP contribution in [0.2, 0.25) is 5.02 Å². The number of carbonyl (C=O) groups is 2. The van der Waals surface area contributed by atoms with Crippen molar-refractivity contribution in [3.05, 3.63) is 65.2 Å². The van der Waals surface area contributed by atoms with Crippen LogP contribution < -0.4 is 29.6 Å². The average molecular weight is 545 g/mol. The average Bonchev–Trinajstić information content (AvgIpc) is 2.91. The van der Waals surface area contributed by atoms with Crippen LogP contribution in [0, 0.1) is 0 Å². The van der Waals surface area contributed by atoms with Crippen LogP contribution in [-0.2, 0) is 4.79 Å². The number of halogens is 1. The Kier molecular flexibility index (Phi) is 9.93. The topological polar surface area (TPSA) is 95.1 Å². The molecule has 1 atom stereocenters. The number of methoxy groups -OCH3 is 4. The van der Waals surface area contributed by atoms with Gasteiger partial charge in [-0.2, -0.15) is 0 Å². The fourth-order valence-corrected chi connectivity index (χ4v) is 4.83. The molecular formula is C27H29ClN2O6S. The number of hydrogen-bond donors (Lipinski definition) is 2. The van der Waals surface area contributed by atoms with Crippen LogP contribution in [0.4, 0.5) is 11.4 Å².